The molecule has 2 aliphatic heterocycles. The lowest BCUT2D eigenvalue weighted by molar-refractivity contribution is 0.0676. The van der Waals surface area contributed by atoms with Gasteiger partial charge in [-0.1, -0.05) is 23.4 Å². The number of amides is 1. The Bertz CT molecular complexity index is 1070. The van der Waals surface area contributed by atoms with Crippen molar-refractivity contribution < 1.29 is 19.5 Å². The molecular weight excluding hydrogens is 382 g/mol. The van der Waals surface area contributed by atoms with Crippen molar-refractivity contribution in [2.45, 2.75) is 32.6 Å². The first-order chi connectivity index (χ1) is 14.6. The third-order valence-corrected chi connectivity index (χ3v) is 5.86. The summed E-state index contributed by atoms with van der Waals surface area (Å²) in [4.78, 5) is 19.9. The predicted octanol–water partition coefficient (Wildman–Crippen LogP) is 2.77. The van der Waals surface area contributed by atoms with E-state index in [1.807, 2.05) is 31.2 Å². The third kappa shape index (κ3) is 3.34. The van der Waals surface area contributed by atoms with E-state index in [2.05, 4.69) is 11.2 Å². The number of hydrogen-bond acceptors (Lipinski definition) is 6. The van der Waals surface area contributed by atoms with Crippen LogP contribution in [-0.4, -0.2) is 47.9 Å². The number of fused-ring (bicyclic) bond motifs is 1. The number of ether oxygens (including phenoxy) is 1. The van der Waals surface area contributed by atoms with Crippen LogP contribution in [0.15, 0.2) is 35.5 Å². The molecule has 154 valence electrons. The van der Waals surface area contributed by atoms with Gasteiger partial charge in [0, 0.05) is 12.0 Å². The number of oxime groups is 1. The summed E-state index contributed by atoms with van der Waals surface area (Å²) >= 11 is 0. The molecule has 1 atom stereocenters. The molecule has 1 fully saturated rings. The van der Waals surface area contributed by atoms with Crippen molar-refractivity contribution in [3.8, 4) is 17.2 Å². The fourth-order valence-corrected chi connectivity index (χ4v) is 4.30. The van der Waals surface area contributed by atoms with E-state index >= 15 is 0 Å². The van der Waals surface area contributed by atoms with Crippen LogP contribution >= 0.6 is 0 Å². The van der Waals surface area contributed by atoms with Crippen LogP contribution in [0.25, 0.3) is 11.1 Å². The Morgan fingerprint density at radius 3 is 2.83 bits per heavy atom. The van der Waals surface area contributed by atoms with Crippen molar-refractivity contribution in [2.24, 2.45) is 5.16 Å². The molecule has 0 aromatic heterocycles. The molecule has 0 saturated carbocycles. The van der Waals surface area contributed by atoms with Gasteiger partial charge in [0.1, 0.15) is 7.11 Å². The summed E-state index contributed by atoms with van der Waals surface area (Å²) in [5.74, 6) is -0.147. The van der Waals surface area contributed by atoms with Gasteiger partial charge in [0.2, 0.25) is 0 Å². The highest BCUT2D eigenvalue weighted by Gasteiger charge is 2.35. The molecule has 1 saturated heterocycles. The highest BCUT2D eigenvalue weighted by atomic mass is 16.6. The van der Waals surface area contributed by atoms with E-state index in [1.165, 1.54) is 7.11 Å². The first-order valence-corrected chi connectivity index (χ1v) is 9.82. The van der Waals surface area contributed by atoms with Gasteiger partial charge in [-0.15, -0.1) is 0 Å². The maximum Gasteiger partial charge on any atom is 0.254 e. The fourth-order valence-electron chi connectivity index (χ4n) is 4.30. The van der Waals surface area contributed by atoms with Crippen molar-refractivity contribution in [3.05, 3.63) is 58.1 Å². The second-order valence-corrected chi connectivity index (χ2v) is 7.51. The Hall–Kier alpha value is -3.21. The van der Waals surface area contributed by atoms with Crippen LogP contribution in [0, 0.1) is 18.3 Å². The van der Waals surface area contributed by atoms with Crippen LogP contribution in [0.5, 0.6) is 0 Å². The predicted molar refractivity (Wildman–Crippen MR) is 111 cm³/mol. The average molecular weight is 405 g/mol. The zero-order chi connectivity index (χ0) is 21.3. The van der Waals surface area contributed by atoms with Crippen molar-refractivity contribution in [2.75, 3.05) is 20.3 Å². The van der Waals surface area contributed by atoms with Crippen molar-refractivity contribution in [1.82, 2.24) is 4.90 Å². The van der Waals surface area contributed by atoms with Crippen molar-refractivity contribution in [3.63, 3.8) is 0 Å². The molecule has 7 heteroatoms. The second kappa shape index (κ2) is 8.27. The molecule has 0 radical (unpaired) electrons. The van der Waals surface area contributed by atoms with Gasteiger partial charge in [0.05, 0.1) is 49.8 Å². The average Bonchev–Trinajstić information content (AvgIpc) is 3.40. The lowest BCUT2D eigenvalue weighted by Gasteiger charge is -2.24. The lowest BCUT2D eigenvalue weighted by atomic mass is 9.89. The molecule has 0 unspecified atom stereocenters. The zero-order valence-electron chi connectivity index (χ0n) is 17.0. The van der Waals surface area contributed by atoms with Gasteiger partial charge in [-0.05, 0) is 46.9 Å². The summed E-state index contributed by atoms with van der Waals surface area (Å²) in [6.45, 7) is 2.91. The third-order valence-electron chi connectivity index (χ3n) is 5.86. The Kier molecular flexibility index (Phi) is 5.53. The molecule has 0 bridgehead atoms. The molecule has 7 nitrogen and oxygen atoms in total. The minimum Gasteiger partial charge on any atom is -0.399 e. The minimum atomic E-state index is -0.321. The number of benzene rings is 2. The molecule has 4 rings (SSSR count). The van der Waals surface area contributed by atoms with Gasteiger partial charge in [0.15, 0.2) is 0 Å². The summed E-state index contributed by atoms with van der Waals surface area (Å²) < 4.78 is 5.71. The SMILES string of the molecule is CO/N=C1\C[C@@H](CO)N(C(=O)c2ccc(-c3cccc(C#N)c3C)c3c2COC3)C1. The molecule has 2 aromatic carbocycles. The van der Waals surface area contributed by atoms with Gasteiger partial charge in [-0.25, -0.2) is 0 Å². The zero-order valence-corrected chi connectivity index (χ0v) is 17.0. The Morgan fingerprint density at radius 1 is 1.30 bits per heavy atom. The van der Waals surface area contributed by atoms with Crippen molar-refractivity contribution in [1.29, 1.82) is 5.26 Å². The largest absolute Gasteiger partial charge is 0.399 e. The molecule has 2 aromatic rings. The number of nitriles is 1. The number of hydrogen-bond donors (Lipinski definition) is 1. The maximum atomic E-state index is 13.4. The summed E-state index contributed by atoms with van der Waals surface area (Å²) in [6, 6.07) is 11.3. The first-order valence-electron chi connectivity index (χ1n) is 9.82. The van der Waals surface area contributed by atoms with Crippen LogP contribution in [0.3, 0.4) is 0 Å². The van der Waals surface area contributed by atoms with Gasteiger partial charge < -0.3 is 19.6 Å². The Balaban J connectivity index is 1.74. The van der Waals surface area contributed by atoms with E-state index < -0.39 is 0 Å². The van der Waals surface area contributed by atoms with Crippen LogP contribution in [0.1, 0.15) is 39.0 Å². The molecule has 1 N–H and O–H groups in total. The van der Waals surface area contributed by atoms with Gasteiger partial charge >= 0.3 is 0 Å². The van der Waals surface area contributed by atoms with E-state index in [0.29, 0.717) is 37.3 Å². The molecule has 2 aliphatic rings. The first kappa shape index (κ1) is 20.1. The van der Waals surface area contributed by atoms with E-state index in [4.69, 9.17) is 9.57 Å². The van der Waals surface area contributed by atoms with E-state index in [-0.39, 0.29) is 18.6 Å². The monoisotopic (exact) mass is 405 g/mol. The molecule has 0 aliphatic carbocycles. The number of carbonyl (C=O) groups is 1. The smallest absolute Gasteiger partial charge is 0.254 e. The number of likely N-dealkylation sites (tertiary alicyclic amines) is 1. The van der Waals surface area contributed by atoms with E-state index in [1.54, 1.807) is 11.0 Å². The number of nitrogens with zero attached hydrogens (tertiary/aromatic N) is 3. The number of rotatable bonds is 4. The highest BCUT2D eigenvalue weighted by Crippen LogP contribution is 2.36. The van der Waals surface area contributed by atoms with E-state index in [0.717, 1.165) is 33.5 Å². The quantitative estimate of drug-likeness (QED) is 0.790. The topological polar surface area (TPSA) is 95.2 Å². The second-order valence-electron chi connectivity index (χ2n) is 7.51. The summed E-state index contributed by atoms with van der Waals surface area (Å²) in [7, 11) is 1.47. The normalized spacial score (nSPS) is 19.1. The summed E-state index contributed by atoms with van der Waals surface area (Å²) in [5, 5.41) is 23.1. The van der Waals surface area contributed by atoms with Crippen LogP contribution in [-0.2, 0) is 22.8 Å². The Morgan fingerprint density at radius 2 is 2.10 bits per heavy atom. The van der Waals surface area contributed by atoms with Gasteiger partial charge in [-0.2, -0.15) is 5.26 Å². The van der Waals surface area contributed by atoms with Crippen molar-refractivity contribution >= 4 is 11.6 Å². The van der Waals surface area contributed by atoms with Crippen LogP contribution in [0.4, 0.5) is 0 Å². The Labute approximate surface area is 175 Å². The fraction of sp³-hybridized carbons (Fsp3) is 0.348. The minimum absolute atomic E-state index is 0.134. The van der Waals surface area contributed by atoms with Gasteiger partial charge in [-0.3, -0.25) is 4.79 Å². The lowest BCUT2D eigenvalue weighted by Crippen LogP contribution is -2.38. The summed E-state index contributed by atoms with van der Waals surface area (Å²) in [6.07, 6.45) is 0.493. The maximum absolute atomic E-state index is 13.4. The number of carbonyl (C=O) groups excluding carboxylic acids is 1. The standard InChI is InChI=1S/C23H23N3O4/c1-14-15(9-24)4-3-5-18(14)19-6-7-20(22-13-30-12-21(19)22)23(28)26-10-16(25-29-2)8-17(26)11-27/h3-7,17,27H,8,10-13H2,1-2H3/b25-16+/t17-/m0/s1. The number of aliphatic hydroxyl groups excluding tert-OH is 1. The van der Waals surface area contributed by atoms with E-state index in [9.17, 15) is 15.2 Å². The highest BCUT2D eigenvalue weighted by molar-refractivity contribution is 6.02. The number of aliphatic hydroxyl groups is 1. The van der Waals surface area contributed by atoms with Gasteiger partial charge in [0.25, 0.3) is 5.91 Å². The molecule has 1 amide bonds. The molecule has 2 heterocycles. The summed E-state index contributed by atoms with van der Waals surface area (Å²) in [5.41, 5.74) is 6.66. The van der Waals surface area contributed by atoms with Crippen LogP contribution in [0.2, 0.25) is 0 Å². The molecule has 30 heavy (non-hydrogen) atoms. The van der Waals surface area contributed by atoms with Crippen LogP contribution < -0.4 is 0 Å². The molecule has 0 spiro atoms. The molecular formula is C23H23N3O4.